The summed E-state index contributed by atoms with van der Waals surface area (Å²) in [6.07, 6.45) is 11.5. The van der Waals surface area contributed by atoms with Crippen molar-refractivity contribution in [2.24, 2.45) is 40.7 Å². The molecule has 1 aliphatic carbocycles. The van der Waals surface area contributed by atoms with Crippen LogP contribution in [0.2, 0.25) is 0 Å². The highest BCUT2D eigenvalue weighted by Gasteiger charge is 2.53. The molecule has 0 radical (unpaired) electrons. The number of esters is 1. The van der Waals surface area contributed by atoms with Crippen molar-refractivity contribution >= 4 is 29.2 Å². The van der Waals surface area contributed by atoms with Crippen LogP contribution < -0.4 is 0 Å². The average molecular weight is 1190 g/mol. The van der Waals surface area contributed by atoms with Gasteiger partial charge in [-0.25, -0.2) is 4.79 Å². The van der Waals surface area contributed by atoms with E-state index in [0.29, 0.717) is 128 Å². The Hall–Kier alpha value is -3.77. The van der Waals surface area contributed by atoms with Crippen molar-refractivity contribution in [3.8, 4) is 0 Å². The summed E-state index contributed by atoms with van der Waals surface area (Å²) in [6.45, 7) is 18.6. The fourth-order valence-electron chi connectivity index (χ4n) is 11.8. The van der Waals surface area contributed by atoms with Crippen LogP contribution in [-0.2, 0) is 66.6 Å². The van der Waals surface area contributed by atoms with E-state index in [9.17, 15) is 39.6 Å². The van der Waals surface area contributed by atoms with E-state index in [0.717, 1.165) is 12.0 Å². The Morgan fingerprint density at radius 3 is 2.14 bits per heavy atom. The van der Waals surface area contributed by atoms with Crippen LogP contribution in [0.1, 0.15) is 145 Å². The number of allylic oxidation sites excluding steroid dienone is 5. The lowest BCUT2D eigenvalue weighted by Crippen LogP contribution is -2.61. The van der Waals surface area contributed by atoms with Crippen molar-refractivity contribution in [2.45, 2.75) is 206 Å². The number of ketones is 2. The van der Waals surface area contributed by atoms with Crippen LogP contribution in [0, 0.1) is 35.5 Å². The Kier molecular flexibility index (Phi) is 33.3. The van der Waals surface area contributed by atoms with Crippen molar-refractivity contribution < 1.29 is 87.1 Å². The normalized spacial score (nSPS) is 35.2. The standard InChI is InChI=1S/C64H106N2O18/c1-12-78-29-30-80-33-34-81-32-31-79-28-18-21-50(67)41-82-65-58-46(6)35-42(2)19-14-13-15-20-43(3)55(75-9)39-51-25-23-48(8)64(74,84-51)61(71)62(72)66-27-17-16-22-52(66)63(73)83-56(45(5)37-49-24-26-53(68)57(38-49)76-10)40-54(69)44(4)36-47(7)59(70)60(58)77-11/h13-15,19-20,36,42,44-46,48-49,51-57,59-60,68-70,74H,12,16-18,21-35,37-41H2,1-11H3/b15-13+,19-14+,43-20+,47-36+,65-58?/t42-,44-,45-,46-,48-,49+,51+,52+,53-,54-,55+,56+,57-,59-,60+,64-/m1/s1. The zero-order valence-corrected chi connectivity index (χ0v) is 52.5. The SMILES string of the molecule is CCOCCOCCOCCOCCCC(=O)CON=C1[C@H](C)C[C@H](C)/C=C/C=C/C=C(\C)[C@@H](OC)C[C@@H]2CC[C@@H](C)[C@@](O)(O2)C(=O)C(=O)N2CCCC[C@H]2C(=O)O[C@H]([C@H](C)C[C@@H]2CC[C@@H](O)[C@H](OC)C2)C[C@@H](O)[C@H](C)/C=C(\C)[C@@H](O)[C@H]1OC. The van der Waals surface area contributed by atoms with E-state index >= 15 is 0 Å². The summed E-state index contributed by atoms with van der Waals surface area (Å²) in [4.78, 5) is 63.4. The summed E-state index contributed by atoms with van der Waals surface area (Å²) in [6, 6.07) is -1.14. The largest absolute Gasteiger partial charge is 0.460 e. The lowest BCUT2D eigenvalue weighted by Gasteiger charge is -2.43. The molecule has 4 aliphatic rings. The maximum Gasteiger partial charge on any atom is 0.329 e. The van der Waals surface area contributed by atoms with E-state index in [1.54, 1.807) is 41.1 Å². The molecule has 0 unspecified atom stereocenters. The third-order valence-electron chi connectivity index (χ3n) is 17.2. The fourth-order valence-corrected chi connectivity index (χ4v) is 11.8. The number of carbonyl (C=O) groups is 4. The molecule has 0 aromatic rings. The van der Waals surface area contributed by atoms with Crippen LogP contribution in [0.3, 0.4) is 0 Å². The number of cyclic esters (lactones) is 1. The second kappa shape index (κ2) is 38.5. The molecule has 0 spiro atoms. The molecule has 1 saturated carbocycles. The van der Waals surface area contributed by atoms with Gasteiger partial charge in [-0.05, 0) is 120 Å². The number of amides is 1. The predicted octanol–water partition coefficient (Wildman–Crippen LogP) is 7.21. The Morgan fingerprint density at radius 2 is 1.48 bits per heavy atom. The molecule has 16 atom stereocenters. The first-order valence-electron chi connectivity index (χ1n) is 31.0. The van der Waals surface area contributed by atoms with Crippen molar-refractivity contribution in [1.82, 2.24) is 4.90 Å². The Labute approximate surface area is 501 Å². The van der Waals surface area contributed by atoms with Crippen LogP contribution in [0.15, 0.2) is 52.8 Å². The van der Waals surface area contributed by atoms with E-state index < -0.39 is 84.1 Å². The molecule has 84 heavy (non-hydrogen) atoms. The molecule has 2 bridgehead atoms. The van der Waals surface area contributed by atoms with Gasteiger partial charge in [0.1, 0.15) is 24.4 Å². The number of carbonyl (C=O) groups excluding carboxylic acids is 4. The third-order valence-corrected chi connectivity index (χ3v) is 17.2. The minimum atomic E-state index is -2.44. The van der Waals surface area contributed by atoms with Crippen molar-refractivity contribution in [3.05, 3.63) is 47.6 Å². The van der Waals surface area contributed by atoms with Crippen LogP contribution in [0.25, 0.3) is 0 Å². The summed E-state index contributed by atoms with van der Waals surface area (Å²) < 4.78 is 52.1. The smallest absolute Gasteiger partial charge is 0.329 e. The van der Waals surface area contributed by atoms with Crippen molar-refractivity contribution in [3.63, 3.8) is 0 Å². The molecule has 0 aromatic heterocycles. The van der Waals surface area contributed by atoms with Crippen molar-refractivity contribution in [2.75, 3.05) is 87.3 Å². The number of methoxy groups -OCH3 is 3. The fraction of sp³-hybridized carbons (Fsp3) is 0.797. The zero-order chi connectivity index (χ0) is 61.8. The van der Waals surface area contributed by atoms with E-state index in [1.807, 2.05) is 58.1 Å². The molecule has 0 aromatic carbocycles. The average Bonchev–Trinajstić information content (AvgIpc) is 3.66. The highest BCUT2D eigenvalue weighted by atomic mass is 16.6. The maximum absolute atomic E-state index is 14.6. The Morgan fingerprint density at radius 1 is 0.786 bits per heavy atom. The molecule has 3 heterocycles. The van der Waals surface area contributed by atoms with Gasteiger partial charge in [-0.15, -0.1) is 0 Å². The molecule has 20 nitrogen and oxygen atoms in total. The highest BCUT2D eigenvalue weighted by molar-refractivity contribution is 6.39. The van der Waals surface area contributed by atoms with Gasteiger partial charge in [-0.3, -0.25) is 14.4 Å². The van der Waals surface area contributed by atoms with Gasteiger partial charge >= 0.3 is 5.97 Å². The van der Waals surface area contributed by atoms with Crippen LogP contribution in [0.5, 0.6) is 0 Å². The summed E-state index contributed by atoms with van der Waals surface area (Å²) in [5.41, 5.74) is 1.74. The van der Waals surface area contributed by atoms with E-state index in [-0.39, 0.29) is 68.0 Å². The first kappa shape index (κ1) is 72.7. The molecule has 4 rings (SSSR count). The second-order valence-corrected chi connectivity index (χ2v) is 23.9. The lowest BCUT2D eigenvalue weighted by molar-refractivity contribution is -0.265. The van der Waals surface area contributed by atoms with Gasteiger partial charge < -0.3 is 72.8 Å². The lowest BCUT2D eigenvalue weighted by atomic mass is 9.78. The molecule has 3 aliphatic heterocycles. The number of aliphatic hydroxyl groups is 4. The minimum absolute atomic E-state index is 0.00523. The maximum atomic E-state index is 14.6. The monoisotopic (exact) mass is 1190 g/mol. The number of ether oxygens (including phenoxy) is 9. The van der Waals surface area contributed by atoms with Gasteiger partial charge in [0.15, 0.2) is 12.4 Å². The summed E-state index contributed by atoms with van der Waals surface area (Å²) in [5, 5.41) is 51.4. The van der Waals surface area contributed by atoms with E-state index in [2.05, 4.69) is 12.1 Å². The first-order chi connectivity index (χ1) is 40.2. The number of Topliss-reactive ketones (excluding diaryl/α,β-unsaturated/α-hetero) is 2. The van der Waals surface area contributed by atoms with Crippen LogP contribution in [-0.4, -0.2) is 202 Å². The van der Waals surface area contributed by atoms with Crippen LogP contribution >= 0.6 is 0 Å². The molecular weight excluding hydrogens is 1080 g/mol. The van der Waals surface area contributed by atoms with Gasteiger partial charge in [0.2, 0.25) is 5.79 Å². The number of hydrogen-bond donors (Lipinski definition) is 4. The highest BCUT2D eigenvalue weighted by Crippen LogP contribution is 2.38. The van der Waals surface area contributed by atoms with E-state index in [1.165, 1.54) is 12.0 Å². The number of hydrogen-bond acceptors (Lipinski definition) is 19. The zero-order valence-electron chi connectivity index (χ0n) is 52.5. The quantitative estimate of drug-likeness (QED) is 0.0259. The molecule has 2 saturated heterocycles. The Balaban J connectivity index is 1.63. The molecule has 1 amide bonds. The van der Waals surface area contributed by atoms with E-state index in [4.69, 9.17) is 47.5 Å². The van der Waals surface area contributed by atoms with Crippen molar-refractivity contribution in [1.29, 1.82) is 0 Å². The first-order valence-corrected chi connectivity index (χ1v) is 31.0. The number of aliphatic hydroxyl groups excluding tert-OH is 3. The van der Waals surface area contributed by atoms with Crippen LogP contribution in [0.4, 0.5) is 0 Å². The summed E-state index contributed by atoms with van der Waals surface area (Å²) in [7, 11) is 4.63. The molecule has 20 heteroatoms. The van der Waals surface area contributed by atoms with Gasteiger partial charge in [0.25, 0.3) is 11.7 Å². The van der Waals surface area contributed by atoms with Gasteiger partial charge in [0.05, 0.1) is 75.9 Å². The molecule has 480 valence electrons. The summed E-state index contributed by atoms with van der Waals surface area (Å²) in [5.74, 6) is -7.30. The molecule has 3 fully saturated rings. The minimum Gasteiger partial charge on any atom is -0.460 e. The Bertz CT molecular complexity index is 2130. The third kappa shape index (κ3) is 23.4. The molecule has 4 N–H and O–H groups in total. The van der Waals surface area contributed by atoms with Gasteiger partial charge in [0, 0.05) is 78.1 Å². The number of oxime groups is 1. The number of rotatable bonds is 23. The van der Waals surface area contributed by atoms with Gasteiger partial charge in [-0.1, -0.05) is 76.2 Å². The number of nitrogens with zero attached hydrogens (tertiary/aromatic N) is 2. The topological polar surface area (TPSA) is 257 Å². The van der Waals surface area contributed by atoms with Gasteiger partial charge in [-0.2, -0.15) is 0 Å². The second-order valence-electron chi connectivity index (χ2n) is 23.9. The summed E-state index contributed by atoms with van der Waals surface area (Å²) >= 11 is 0. The number of piperidine rings is 1. The molecular formula is C64H106N2O18. The predicted molar refractivity (Wildman–Crippen MR) is 318 cm³/mol. The number of fused-ring (bicyclic) bond motifs is 3.